The summed E-state index contributed by atoms with van der Waals surface area (Å²) < 4.78 is 60.8. The van der Waals surface area contributed by atoms with Crippen LogP contribution in [-0.2, 0) is 20.2 Å². The molecule has 0 aliphatic heterocycles. The minimum absolute atomic E-state index is 0.102. The number of hydrogen-bond acceptors (Lipinski definition) is 4. The summed E-state index contributed by atoms with van der Waals surface area (Å²) in [7, 11) is -9.25. The van der Waals surface area contributed by atoms with Gasteiger partial charge in [0.05, 0.1) is 10.6 Å². The first-order chi connectivity index (χ1) is 7.03. The van der Waals surface area contributed by atoms with Gasteiger partial charge in [-0.1, -0.05) is 0 Å². The van der Waals surface area contributed by atoms with Gasteiger partial charge < -0.3 is 5.73 Å². The molecule has 0 unspecified atom stereocenters. The van der Waals surface area contributed by atoms with Gasteiger partial charge in [-0.3, -0.25) is 9.11 Å². The van der Waals surface area contributed by atoms with E-state index in [1.165, 1.54) is 6.92 Å². The standard InChI is InChI=1S/C7H8NO6S2/c1-4-6(8)2-5(15(9,10)11)3-7(4)16(12,13)14/h2-3,8H,1H3,(H,9,10,11)(H,12,13,14). The van der Waals surface area contributed by atoms with Crippen molar-refractivity contribution in [2.24, 2.45) is 0 Å². The highest BCUT2D eigenvalue weighted by molar-refractivity contribution is 7.86. The highest BCUT2D eigenvalue weighted by atomic mass is 32.2. The Morgan fingerprint density at radius 2 is 1.56 bits per heavy atom. The quantitative estimate of drug-likeness (QED) is 0.744. The smallest absolute Gasteiger partial charge is 0.294 e. The lowest BCUT2D eigenvalue weighted by Gasteiger charge is -2.07. The Balaban J connectivity index is 3.72. The zero-order valence-corrected chi connectivity index (χ0v) is 9.63. The second-order valence-corrected chi connectivity index (χ2v) is 5.86. The summed E-state index contributed by atoms with van der Waals surface area (Å²) in [5.41, 5.74) is 6.79. The van der Waals surface area contributed by atoms with Crippen LogP contribution in [0.4, 0.5) is 5.69 Å². The molecule has 1 aromatic carbocycles. The maximum absolute atomic E-state index is 10.9. The minimum atomic E-state index is -4.63. The van der Waals surface area contributed by atoms with Crippen LogP contribution in [0.25, 0.3) is 0 Å². The summed E-state index contributed by atoms with van der Waals surface area (Å²) in [4.78, 5) is -1.47. The van der Waals surface area contributed by atoms with Gasteiger partial charge in [0.2, 0.25) is 0 Å². The van der Waals surface area contributed by atoms with E-state index in [4.69, 9.17) is 14.8 Å². The highest BCUT2D eigenvalue weighted by Crippen LogP contribution is 2.26. The van der Waals surface area contributed by atoms with Crippen LogP contribution in [0.2, 0.25) is 0 Å². The average molecular weight is 266 g/mol. The lowest BCUT2D eigenvalue weighted by atomic mass is 10.2. The molecule has 1 radical (unpaired) electrons. The van der Waals surface area contributed by atoms with Crippen LogP contribution in [-0.4, -0.2) is 25.9 Å². The average Bonchev–Trinajstić information content (AvgIpc) is 2.05. The Bertz CT molecular complexity index is 631. The molecule has 89 valence electrons. The molecule has 0 saturated heterocycles. The first-order valence-electron chi connectivity index (χ1n) is 3.84. The predicted octanol–water partition coefficient (Wildman–Crippen LogP) is 0.403. The third-order valence-electron chi connectivity index (χ3n) is 1.91. The summed E-state index contributed by atoms with van der Waals surface area (Å²) in [5, 5.41) is 0. The van der Waals surface area contributed by atoms with Gasteiger partial charge in [0, 0.05) is 0 Å². The molecule has 0 aromatic heterocycles. The molecule has 0 aliphatic rings. The molecule has 16 heavy (non-hydrogen) atoms. The largest absolute Gasteiger partial charge is 0.301 e. The Morgan fingerprint density at radius 3 is 1.94 bits per heavy atom. The molecule has 1 aromatic rings. The molecule has 0 saturated carbocycles. The summed E-state index contributed by atoms with van der Waals surface area (Å²) in [6, 6.07) is 1.39. The van der Waals surface area contributed by atoms with Gasteiger partial charge in [0.15, 0.2) is 0 Å². The summed E-state index contributed by atoms with van der Waals surface area (Å²) in [6.07, 6.45) is 0. The van der Waals surface area contributed by atoms with Crippen LogP contribution in [0.3, 0.4) is 0 Å². The molecule has 0 aliphatic carbocycles. The third kappa shape index (κ3) is 2.50. The molecule has 0 heterocycles. The fourth-order valence-electron chi connectivity index (χ4n) is 1.08. The molecule has 3 N–H and O–H groups in total. The van der Waals surface area contributed by atoms with Crippen LogP contribution in [0.1, 0.15) is 5.56 Å². The molecule has 0 amide bonds. The Kier molecular flexibility index (Phi) is 2.98. The van der Waals surface area contributed by atoms with E-state index in [1.807, 2.05) is 0 Å². The zero-order chi connectivity index (χ0) is 12.7. The van der Waals surface area contributed by atoms with E-state index in [0.29, 0.717) is 6.07 Å². The van der Waals surface area contributed by atoms with Crippen LogP contribution in [0, 0.1) is 6.92 Å². The number of benzene rings is 1. The first kappa shape index (κ1) is 12.9. The second kappa shape index (κ2) is 3.70. The molecule has 0 spiro atoms. The van der Waals surface area contributed by atoms with Gasteiger partial charge in [-0.15, -0.1) is 0 Å². The SMILES string of the molecule is Cc1c([NH])cc(S(=O)(=O)O)cc1S(=O)(=O)O. The number of hydrogen-bond donors (Lipinski definition) is 2. The third-order valence-corrected chi connectivity index (χ3v) is 3.72. The van der Waals surface area contributed by atoms with Crippen molar-refractivity contribution in [2.45, 2.75) is 16.7 Å². The first-order valence-corrected chi connectivity index (χ1v) is 6.72. The van der Waals surface area contributed by atoms with E-state index in [1.54, 1.807) is 0 Å². The Morgan fingerprint density at radius 1 is 1.06 bits per heavy atom. The fourth-order valence-corrected chi connectivity index (χ4v) is 2.46. The van der Waals surface area contributed by atoms with Crippen molar-refractivity contribution in [3.63, 3.8) is 0 Å². The van der Waals surface area contributed by atoms with Crippen molar-refractivity contribution in [3.8, 4) is 0 Å². The maximum atomic E-state index is 10.9. The van der Waals surface area contributed by atoms with Crippen LogP contribution >= 0.6 is 0 Å². The lowest BCUT2D eigenvalue weighted by Crippen LogP contribution is -2.06. The van der Waals surface area contributed by atoms with Crippen molar-refractivity contribution in [3.05, 3.63) is 17.7 Å². The summed E-state index contributed by atoms with van der Waals surface area (Å²) in [5.74, 6) is 0. The van der Waals surface area contributed by atoms with Crippen LogP contribution < -0.4 is 5.73 Å². The molecular formula is C7H8NO6S2. The van der Waals surface area contributed by atoms with E-state index >= 15 is 0 Å². The molecule has 7 nitrogen and oxygen atoms in total. The van der Waals surface area contributed by atoms with Crippen molar-refractivity contribution in [2.75, 3.05) is 0 Å². The fraction of sp³-hybridized carbons (Fsp3) is 0.143. The Labute approximate surface area is 92.4 Å². The van der Waals surface area contributed by atoms with E-state index in [9.17, 15) is 16.8 Å². The van der Waals surface area contributed by atoms with Crippen molar-refractivity contribution in [1.82, 2.24) is 5.73 Å². The van der Waals surface area contributed by atoms with Crippen molar-refractivity contribution in [1.29, 1.82) is 0 Å². The van der Waals surface area contributed by atoms with E-state index in [2.05, 4.69) is 0 Å². The second-order valence-electron chi connectivity index (χ2n) is 3.04. The number of nitrogens with one attached hydrogen (secondary N) is 1. The van der Waals surface area contributed by atoms with Gasteiger partial charge in [-0.05, 0) is 24.6 Å². The minimum Gasteiger partial charge on any atom is -0.301 e. The van der Waals surface area contributed by atoms with Gasteiger partial charge in [0.25, 0.3) is 20.2 Å². The predicted molar refractivity (Wildman–Crippen MR) is 53.6 cm³/mol. The summed E-state index contributed by atoms with van der Waals surface area (Å²) >= 11 is 0. The molecule has 0 fully saturated rings. The molecule has 0 bridgehead atoms. The van der Waals surface area contributed by atoms with Crippen LogP contribution in [0.5, 0.6) is 0 Å². The van der Waals surface area contributed by atoms with Crippen molar-refractivity contribution < 1.29 is 25.9 Å². The molecule has 0 atom stereocenters. The van der Waals surface area contributed by atoms with E-state index in [-0.39, 0.29) is 5.56 Å². The van der Waals surface area contributed by atoms with Crippen molar-refractivity contribution >= 4 is 25.9 Å². The maximum Gasteiger partial charge on any atom is 0.294 e. The normalized spacial score (nSPS) is 12.7. The van der Waals surface area contributed by atoms with Gasteiger partial charge in [0.1, 0.15) is 4.90 Å². The monoisotopic (exact) mass is 266 g/mol. The molecule has 9 heteroatoms. The number of rotatable bonds is 2. The summed E-state index contributed by atoms with van der Waals surface area (Å²) in [6.45, 7) is 1.24. The molecule has 1 rings (SSSR count). The Hall–Kier alpha value is -1.16. The van der Waals surface area contributed by atoms with E-state index in [0.717, 1.165) is 6.07 Å². The van der Waals surface area contributed by atoms with Gasteiger partial charge in [-0.25, -0.2) is 0 Å². The van der Waals surface area contributed by atoms with E-state index < -0.39 is 35.7 Å². The topological polar surface area (TPSA) is 133 Å². The van der Waals surface area contributed by atoms with Crippen LogP contribution in [0.15, 0.2) is 21.9 Å². The van der Waals surface area contributed by atoms with Gasteiger partial charge in [-0.2, -0.15) is 16.8 Å². The lowest BCUT2D eigenvalue weighted by molar-refractivity contribution is 0.480. The van der Waals surface area contributed by atoms with Gasteiger partial charge >= 0.3 is 0 Å². The highest BCUT2D eigenvalue weighted by Gasteiger charge is 2.20. The zero-order valence-electron chi connectivity index (χ0n) is 8.00. The molecular weight excluding hydrogens is 258 g/mol.